The Bertz CT molecular complexity index is 428. The van der Waals surface area contributed by atoms with Gasteiger partial charge in [0.2, 0.25) is 0 Å². The predicted octanol–water partition coefficient (Wildman–Crippen LogP) is 2.15. The number of hydrogen-bond acceptors (Lipinski definition) is 4. The van der Waals surface area contributed by atoms with Gasteiger partial charge in [-0.2, -0.15) is 5.26 Å². The minimum absolute atomic E-state index is 0.0992. The van der Waals surface area contributed by atoms with E-state index in [0.29, 0.717) is 11.5 Å². The van der Waals surface area contributed by atoms with Gasteiger partial charge in [0.05, 0.1) is 17.9 Å². The quantitative estimate of drug-likeness (QED) is 0.595. The molecule has 0 spiro atoms. The summed E-state index contributed by atoms with van der Waals surface area (Å²) in [7, 11) is 0. The van der Waals surface area contributed by atoms with E-state index < -0.39 is 5.82 Å². The van der Waals surface area contributed by atoms with Crippen molar-refractivity contribution in [1.82, 2.24) is 0 Å². The van der Waals surface area contributed by atoms with Crippen molar-refractivity contribution in [2.45, 2.75) is 11.8 Å². The van der Waals surface area contributed by atoms with Gasteiger partial charge in [-0.05, 0) is 19.1 Å². The molecular formula is C11H9FNO2S. The van der Waals surface area contributed by atoms with Crippen molar-refractivity contribution in [1.29, 1.82) is 5.26 Å². The highest BCUT2D eigenvalue weighted by Crippen LogP contribution is 2.22. The first-order valence-electron chi connectivity index (χ1n) is 4.57. The molecule has 0 amide bonds. The SMILES string of the molecule is CCOC(=O)CSc1c[c]c(F)cc1C#N. The van der Waals surface area contributed by atoms with Crippen LogP contribution in [0.2, 0.25) is 0 Å². The van der Waals surface area contributed by atoms with Gasteiger partial charge in [-0.15, -0.1) is 11.8 Å². The van der Waals surface area contributed by atoms with Crippen LogP contribution >= 0.6 is 11.8 Å². The number of hydrogen-bond donors (Lipinski definition) is 0. The number of rotatable bonds is 4. The zero-order valence-electron chi connectivity index (χ0n) is 8.62. The Hall–Kier alpha value is -1.54. The summed E-state index contributed by atoms with van der Waals surface area (Å²) < 4.78 is 17.5. The summed E-state index contributed by atoms with van der Waals surface area (Å²) in [5, 5.41) is 8.75. The van der Waals surface area contributed by atoms with Crippen LogP contribution in [0.5, 0.6) is 0 Å². The van der Waals surface area contributed by atoms with E-state index in [2.05, 4.69) is 6.07 Å². The highest BCUT2D eigenvalue weighted by Gasteiger charge is 2.08. The molecule has 0 aliphatic carbocycles. The number of ether oxygens (including phenoxy) is 1. The monoisotopic (exact) mass is 238 g/mol. The maximum atomic E-state index is 12.7. The van der Waals surface area contributed by atoms with Gasteiger partial charge >= 0.3 is 5.97 Å². The number of carbonyl (C=O) groups is 1. The van der Waals surface area contributed by atoms with Gasteiger partial charge < -0.3 is 4.74 Å². The third kappa shape index (κ3) is 3.55. The van der Waals surface area contributed by atoms with Crippen LogP contribution in [-0.2, 0) is 9.53 Å². The lowest BCUT2D eigenvalue weighted by molar-refractivity contribution is -0.139. The standard InChI is InChI=1S/C11H9FNO2S/c1-2-15-11(14)7-16-10-4-3-9(12)5-8(10)6-13/h4-5H,2,7H2,1H3. The molecule has 1 aromatic rings. The molecule has 1 radical (unpaired) electrons. The van der Waals surface area contributed by atoms with Crippen molar-refractivity contribution in [3.8, 4) is 6.07 Å². The third-order valence-electron chi connectivity index (χ3n) is 1.65. The topological polar surface area (TPSA) is 50.1 Å². The summed E-state index contributed by atoms with van der Waals surface area (Å²) >= 11 is 1.13. The van der Waals surface area contributed by atoms with E-state index >= 15 is 0 Å². The van der Waals surface area contributed by atoms with E-state index in [4.69, 9.17) is 10.00 Å². The zero-order valence-corrected chi connectivity index (χ0v) is 9.44. The number of nitriles is 1. The molecule has 0 N–H and O–H groups in total. The largest absolute Gasteiger partial charge is 0.465 e. The summed E-state index contributed by atoms with van der Waals surface area (Å²) in [6.07, 6.45) is 0. The summed E-state index contributed by atoms with van der Waals surface area (Å²) in [6, 6.07) is 6.65. The zero-order chi connectivity index (χ0) is 12.0. The summed E-state index contributed by atoms with van der Waals surface area (Å²) in [4.78, 5) is 11.6. The van der Waals surface area contributed by atoms with Crippen LogP contribution in [0.25, 0.3) is 0 Å². The van der Waals surface area contributed by atoms with Crippen LogP contribution in [0, 0.1) is 23.2 Å². The first-order valence-corrected chi connectivity index (χ1v) is 5.55. The molecule has 3 nitrogen and oxygen atoms in total. The second kappa shape index (κ2) is 6.13. The van der Waals surface area contributed by atoms with Gasteiger partial charge in [-0.3, -0.25) is 4.79 Å². The Morgan fingerprint density at radius 1 is 1.75 bits per heavy atom. The molecule has 0 bridgehead atoms. The smallest absolute Gasteiger partial charge is 0.316 e. The lowest BCUT2D eigenvalue weighted by Crippen LogP contribution is -2.06. The van der Waals surface area contributed by atoms with Crippen molar-refractivity contribution in [2.75, 3.05) is 12.4 Å². The number of carbonyl (C=O) groups excluding carboxylic acids is 1. The van der Waals surface area contributed by atoms with Crippen molar-refractivity contribution in [3.63, 3.8) is 0 Å². The molecule has 1 aromatic carbocycles. The molecule has 1 rings (SSSR count). The summed E-state index contributed by atoms with van der Waals surface area (Å²) in [6.45, 7) is 2.04. The number of benzene rings is 1. The van der Waals surface area contributed by atoms with Crippen LogP contribution < -0.4 is 0 Å². The Labute approximate surface area is 97.2 Å². The molecule has 0 atom stereocenters. The number of nitrogens with zero attached hydrogens (tertiary/aromatic N) is 1. The Kier molecular flexibility index (Phi) is 4.80. The average molecular weight is 238 g/mol. The molecule has 0 fully saturated rings. The lowest BCUT2D eigenvalue weighted by atomic mass is 10.2. The fourth-order valence-electron chi connectivity index (χ4n) is 0.998. The van der Waals surface area contributed by atoms with E-state index in [0.717, 1.165) is 17.8 Å². The maximum absolute atomic E-state index is 12.7. The Morgan fingerprint density at radius 2 is 2.50 bits per heavy atom. The number of esters is 1. The average Bonchev–Trinajstić information content (AvgIpc) is 2.27. The molecule has 16 heavy (non-hydrogen) atoms. The number of halogens is 1. The van der Waals surface area contributed by atoms with Gasteiger partial charge in [0, 0.05) is 11.0 Å². The molecular weight excluding hydrogens is 229 g/mol. The van der Waals surface area contributed by atoms with Gasteiger partial charge in [0.25, 0.3) is 0 Å². The molecule has 5 heteroatoms. The lowest BCUT2D eigenvalue weighted by Gasteiger charge is -2.03. The van der Waals surface area contributed by atoms with E-state index in [1.54, 1.807) is 6.92 Å². The van der Waals surface area contributed by atoms with Crippen molar-refractivity contribution in [2.24, 2.45) is 0 Å². The highest BCUT2D eigenvalue weighted by atomic mass is 32.2. The molecule has 0 aliphatic heterocycles. The van der Waals surface area contributed by atoms with Gasteiger partial charge in [0.15, 0.2) is 0 Å². The second-order valence-electron chi connectivity index (χ2n) is 2.76. The number of thioether (sulfide) groups is 1. The van der Waals surface area contributed by atoms with E-state index in [1.165, 1.54) is 6.07 Å². The van der Waals surface area contributed by atoms with E-state index in [-0.39, 0.29) is 17.3 Å². The summed E-state index contributed by atoms with van der Waals surface area (Å²) in [5.41, 5.74) is 0.200. The van der Waals surface area contributed by atoms with Gasteiger partial charge in [0.1, 0.15) is 11.9 Å². The predicted molar refractivity (Wildman–Crippen MR) is 57.3 cm³/mol. The fraction of sp³-hybridized carbons (Fsp3) is 0.273. The molecule has 0 saturated carbocycles. The minimum atomic E-state index is -0.586. The third-order valence-corrected chi connectivity index (χ3v) is 2.68. The van der Waals surface area contributed by atoms with E-state index in [1.807, 2.05) is 6.07 Å². The van der Waals surface area contributed by atoms with Crippen LogP contribution in [-0.4, -0.2) is 18.3 Å². The molecule has 0 aromatic heterocycles. The Morgan fingerprint density at radius 3 is 3.12 bits per heavy atom. The molecule has 0 aliphatic rings. The minimum Gasteiger partial charge on any atom is -0.465 e. The van der Waals surface area contributed by atoms with Crippen molar-refractivity contribution < 1.29 is 13.9 Å². The maximum Gasteiger partial charge on any atom is 0.316 e. The second-order valence-corrected chi connectivity index (χ2v) is 3.78. The van der Waals surface area contributed by atoms with Gasteiger partial charge in [-0.1, -0.05) is 0 Å². The van der Waals surface area contributed by atoms with Gasteiger partial charge in [-0.25, -0.2) is 4.39 Å². The molecule has 0 heterocycles. The van der Waals surface area contributed by atoms with Crippen molar-refractivity contribution >= 4 is 17.7 Å². The molecule has 0 saturated heterocycles. The van der Waals surface area contributed by atoms with Crippen LogP contribution in [0.3, 0.4) is 0 Å². The first-order chi connectivity index (χ1) is 7.67. The highest BCUT2D eigenvalue weighted by molar-refractivity contribution is 8.00. The summed E-state index contributed by atoms with van der Waals surface area (Å²) in [5.74, 6) is -0.847. The van der Waals surface area contributed by atoms with Crippen LogP contribution in [0.15, 0.2) is 17.0 Å². The first kappa shape index (κ1) is 12.5. The normalized spacial score (nSPS) is 9.56. The van der Waals surface area contributed by atoms with Crippen LogP contribution in [0.4, 0.5) is 4.39 Å². The van der Waals surface area contributed by atoms with Crippen LogP contribution in [0.1, 0.15) is 12.5 Å². The molecule has 0 unspecified atom stereocenters. The fourth-order valence-corrected chi connectivity index (χ4v) is 1.76. The molecule has 83 valence electrons. The van der Waals surface area contributed by atoms with E-state index in [9.17, 15) is 9.18 Å². The van der Waals surface area contributed by atoms with Crippen molar-refractivity contribution in [3.05, 3.63) is 29.6 Å². The Balaban J connectivity index is 2.67.